The van der Waals surface area contributed by atoms with Crippen LogP contribution in [0.4, 0.5) is 0 Å². The number of aliphatic hydroxyl groups excluding tert-OH is 1. The van der Waals surface area contributed by atoms with Crippen molar-refractivity contribution < 1.29 is 24.5 Å². The number of methoxy groups -OCH3 is 1. The van der Waals surface area contributed by atoms with Crippen LogP contribution in [0, 0.1) is 17.3 Å². The van der Waals surface area contributed by atoms with Crippen molar-refractivity contribution in [1.82, 2.24) is 4.90 Å². The first-order chi connectivity index (χ1) is 14.6. The number of rotatable bonds is 8. The molecule has 2 saturated heterocycles. The molecule has 0 bridgehead atoms. The topological polar surface area (TPSA) is 105 Å². The lowest BCUT2D eigenvalue weighted by molar-refractivity contribution is -0.298. The molecule has 31 heavy (non-hydrogen) atoms. The zero-order valence-electron chi connectivity index (χ0n) is 19.6. The minimum Gasteiger partial charge on any atom is -0.377 e. The summed E-state index contributed by atoms with van der Waals surface area (Å²) in [7, 11) is 1.65. The number of fused-ring (bicyclic) bond motifs is 1. The second kappa shape index (κ2) is 9.41. The molecule has 4 unspecified atom stereocenters. The maximum atomic E-state index is 13.6. The van der Waals surface area contributed by atoms with E-state index in [0.717, 1.165) is 24.8 Å². The molecule has 0 radical (unpaired) electrons. The first-order valence-electron chi connectivity index (χ1n) is 11.6. The van der Waals surface area contributed by atoms with E-state index in [9.17, 15) is 15.0 Å². The van der Waals surface area contributed by atoms with Crippen LogP contribution in [0.15, 0.2) is 23.8 Å². The molecule has 0 spiro atoms. The van der Waals surface area contributed by atoms with Gasteiger partial charge in [-0.15, -0.1) is 0 Å². The maximum absolute atomic E-state index is 13.6. The number of allylic oxidation sites excluding steroid dienone is 2. The molecule has 7 heteroatoms. The van der Waals surface area contributed by atoms with Gasteiger partial charge in [0.25, 0.3) is 0 Å². The fourth-order valence-electron chi connectivity index (χ4n) is 5.56. The molecule has 176 valence electrons. The maximum Gasteiger partial charge on any atom is 0.218 e. The number of nitrogens with two attached hydrogens (primary N) is 1. The second-order valence-corrected chi connectivity index (χ2v) is 10.0. The molecule has 0 aromatic carbocycles. The first-order valence-corrected chi connectivity index (χ1v) is 11.6. The van der Waals surface area contributed by atoms with Crippen molar-refractivity contribution in [2.75, 3.05) is 20.3 Å². The monoisotopic (exact) mass is 436 g/mol. The molecule has 3 aliphatic rings. The van der Waals surface area contributed by atoms with Gasteiger partial charge in [0.2, 0.25) is 5.79 Å². The highest BCUT2D eigenvalue weighted by Crippen LogP contribution is 2.51. The van der Waals surface area contributed by atoms with E-state index >= 15 is 0 Å². The average molecular weight is 437 g/mol. The normalized spacial score (nSPS) is 37.4. The molecule has 2 aliphatic heterocycles. The molecule has 1 aliphatic carbocycles. The van der Waals surface area contributed by atoms with E-state index in [1.165, 1.54) is 0 Å². The van der Waals surface area contributed by atoms with Crippen molar-refractivity contribution in [3.63, 3.8) is 0 Å². The summed E-state index contributed by atoms with van der Waals surface area (Å²) in [6.45, 7) is 8.54. The van der Waals surface area contributed by atoms with E-state index in [-0.39, 0.29) is 24.5 Å². The second-order valence-electron chi connectivity index (χ2n) is 10.0. The number of ether oxygens (including phenoxy) is 2. The minimum atomic E-state index is -1.94. The van der Waals surface area contributed by atoms with Crippen LogP contribution in [0.1, 0.15) is 53.4 Å². The van der Waals surface area contributed by atoms with Gasteiger partial charge in [-0.25, -0.2) is 0 Å². The molecule has 0 aromatic heterocycles. The molecule has 7 atom stereocenters. The minimum absolute atomic E-state index is 0.0717. The molecule has 7 nitrogen and oxygen atoms in total. The summed E-state index contributed by atoms with van der Waals surface area (Å²) in [5.74, 6) is -2.52. The predicted molar refractivity (Wildman–Crippen MR) is 119 cm³/mol. The van der Waals surface area contributed by atoms with Gasteiger partial charge in [0, 0.05) is 18.6 Å². The zero-order chi connectivity index (χ0) is 23.0. The molecule has 0 saturated carbocycles. The summed E-state index contributed by atoms with van der Waals surface area (Å²) in [5, 5.41) is 22.9. The van der Waals surface area contributed by atoms with Crippen LogP contribution in [0.3, 0.4) is 0 Å². The molecule has 3 rings (SSSR count). The van der Waals surface area contributed by atoms with Gasteiger partial charge < -0.3 is 25.4 Å². The van der Waals surface area contributed by atoms with Crippen molar-refractivity contribution in [1.29, 1.82) is 0 Å². The molecule has 4 N–H and O–H groups in total. The number of hydrogen-bond acceptors (Lipinski definition) is 7. The van der Waals surface area contributed by atoms with Crippen molar-refractivity contribution in [3.8, 4) is 0 Å². The van der Waals surface area contributed by atoms with Crippen LogP contribution in [0.5, 0.6) is 0 Å². The van der Waals surface area contributed by atoms with Gasteiger partial charge in [0.1, 0.15) is 0 Å². The van der Waals surface area contributed by atoms with Crippen LogP contribution in [0.25, 0.3) is 0 Å². The Labute approximate surface area is 186 Å². The highest BCUT2D eigenvalue weighted by atomic mass is 16.6. The van der Waals surface area contributed by atoms with Crippen LogP contribution >= 0.6 is 0 Å². The van der Waals surface area contributed by atoms with Gasteiger partial charge >= 0.3 is 0 Å². The van der Waals surface area contributed by atoms with Crippen LogP contribution in [-0.2, 0) is 14.3 Å². The number of likely N-dealkylation sites (tertiary alicyclic amines) is 1. The van der Waals surface area contributed by atoms with Gasteiger partial charge in [-0.1, -0.05) is 45.4 Å². The van der Waals surface area contributed by atoms with Crippen molar-refractivity contribution in [2.45, 2.75) is 83.6 Å². The van der Waals surface area contributed by atoms with Gasteiger partial charge in [-0.2, -0.15) is 0 Å². The zero-order valence-corrected chi connectivity index (χ0v) is 19.6. The van der Waals surface area contributed by atoms with E-state index in [2.05, 4.69) is 6.92 Å². The third kappa shape index (κ3) is 4.28. The largest absolute Gasteiger partial charge is 0.377 e. The number of ketones is 1. The summed E-state index contributed by atoms with van der Waals surface area (Å²) in [6.07, 6.45) is 7.80. The SMILES string of the molecule is CCC(CCN)C[C@@H](C)N1C(C2=CC=CCC2OC)[C@@H]2C(=O)C(C)(C)CO[C@@]2(O)C1O. The number of Topliss-reactive ketones (excluding diaryl/α,β-unsaturated/α-hetero) is 1. The van der Waals surface area contributed by atoms with Crippen molar-refractivity contribution in [2.24, 2.45) is 23.0 Å². The Morgan fingerprint density at radius 2 is 2.13 bits per heavy atom. The Morgan fingerprint density at radius 3 is 2.74 bits per heavy atom. The average Bonchev–Trinajstić information content (AvgIpc) is 2.98. The Morgan fingerprint density at radius 1 is 1.42 bits per heavy atom. The number of aliphatic hydroxyl groups is 2. The third-order valence-corrected chi connectivity index (χ3v) is 7.46. The van der Waals surface area contributed by atoms with Crippen molar-refractivity contribution >= 4 is 5.78 Å². The molecule has 0 amide bonds. The standard InChI is InChI=1S/C24H40N2O5/c1-6-16(11-12-25)13-15(2)26-20(17-9-7-8-10-18(17)30-5)19-21(27)23(3,4)14-31-24(19,29)22(26)28/h7-9,15-16,18-20,22,28-29H,6,10-14,25H2,1-5H3/t15-,16?,18?,19-,20?,22?,24-/m1/s1. The van der Waals surface area contributed by atoms with Crippen LogP contribution in [-0.4, -0.2) is 71.4 Å². The fraction of sp³-hybridized carbons (Fsp3) is 0.792. The number of nitrogens with zero attached hydrogens (tertiary/aromatic N) is 1. The Hall–Kier alpha value is -1.09. The summed E-state index contributed by atoms with van der Waals surface area (Å²) in [4.78, 5) is 15.5. The summed E-state index contributed by atoms with van der Waals surface area (Å²) in [5.41, 5.74) is 5.96. The lowest BCUT2D eigenvalue weighted by Crippen LogP contribution is -2.59. The quantitative estimate of drug-likeness (QED) is 0.534. The Kier molecular flexibility index (Phi) is 7.46. The third-order valence-electron chi connectivity index (χ3n) is 7.46. The number of carbonyl (C=O) groups excluding carboxylic acids is 1. The molecular formula is C24H40N2O5. The lowest BCUT2D eigenvalue weighted by atomic mass is 9.71. The highest BCUT2D eigenvalue weighted by Gasteiger charge is 2.68. The molecule has 2 heterocycles. The summed E-state index contributed by atoms with van der Waals surface area (Å²) >= 11 is 0. The molecule has 2 fully saturated rings. The smallest absolute Gasteiger partial charge is 0.218 e. The first kappa shape index (κ1) is 24.6. The summed E-state index contributed by atoms with van der Waals surface area (Å²) < 4.78 is 11.6. The number of carbonyl (C=O) groups is 1. The summed E-state index contributed by atoms with van der Waals surface area (Å²) in [6, 6.07) is -0.595. The number of hydrogen-bond donors (Lipinski definition) is 3. The Balaban J connectivity index is 2.06. The van der Waals surface area contributed by atoms with Crippen LogP contribution < -0.4 is 5.73 Å². The molecule has 0 aromatic rings. The van der Waals surface area contributed by atoms with E-state index < -0.39 is 29.4 Å². The fourth-order valence-corrected chi connectivity index (χ4v) is 5.56. The van der Waals surface area contributed by atoms with Gasteiger partial charge in [-0.3, -0.25) is 9.69 Å². The van der Waals surface area contributed by atoms with E-state index in [1.54, 1.807) is 7.11 Å². The lowest BCUT2D eigenvalue weighted by Gasteiger charge is -2.43. The van der Waals surface area contributed by atoms with Crippen molar-refractivity contribution in [3.05, 3.63) is 23.8 Å². The molecular weight excluding hydrogens is 396 g/mol. The van der Waals surface area contributed by atoms with E-state index in [4.69, 9.17) is 15.2 Å². The van der Waals surface area contributed by atoms with Crippen LogP contribution in [0.2, 0.25) is 0 Å². The predicted octanol–water partition coefficient (Wildman–Crippen LogP) is 1.97. The van der Waals surface area contributed by atoms with E-state index in [0.29, 0.717) is 18.9 Å². The van der Waals surface area contributed by atoms with Gasteiger partial charge in [0.05, 0.1) is 24.7 Å². The highest BCUT2D eigenvalue weighted by molar-refractivity contribution is 5.89. The van der Waals surface area contributed by atoms with Gasteiger partial charge in [0.15, 0.2) is 12.0 Å². The van der Waals surface area contributed by atoms with Gasteiger partial charge in [-0.05, 0) is 44.2 Å². The van der Waals surface area contributed by atoms with E-state index in [1.807, 2.05) is 43.9 Å². The Bertz CT molecular complexity index is 721.